The number of aryl methyl sites for hydroxylation is 1. The van der Waals surface area contributed by atoms with Crippen LogP contribution in [0.25, 0.3) is 10.9 Å². The molecule has 20 heavy (non-hydrogen) atoms. The lowest BCUT2D eigenvalue weighted by Crippen LogP contribution is -2.42. The van der Waals surface area contributed by atoms with E-state index in [9.17, 15) is 5.11 Å². The number of aliphatic hydroxyl groups is 1. The van der Waals surface area contributed by atoms with Crippen LogP contribution in [0, 0.1) is 6.92 Å². The van der Waals surface area contributed by atoms with Gasteiger partial charge in [0.05, 0.1) is 24.3 Å². The molecule has 2 atom stereocenters. The molecule has 0 spiro atoms. The molecule has 0 radical (unpaired) electrons. The van der Waals surface area contributed by atoms with E-state index in [1.165, 1.54) is 0 Å². The zero-order valence-electron chi connectivity index (χ0n) is 11.3. The molecule has 0 amide bonds. The molecule has 1 aliphatic rings. The number of hydrogen-bond acceptors (Lipinski definition) is 4. The molecular formula is C15H17ClN2O2. The molecular weight excluding hydrogens is 276 g/mol. The molecule has 2 aromatic rings. The van der Waals surface area contributed by atoms with Gasteiger partial charge < -0.3 is 15.2 Å². The minimum Gasteiger partial charge on any atom is -0.391 e. The summed E-state index contributed by atoms with van der Waals surface area (Å²) in [6.07, 6.45) is 0.247. The number of nitrogens with one attached hydrogen (secondary N) is 1. The summed E-state index contributed by atoms with van der Waals surface area (Å²) in [6, 6.07) is 7.56. The Morgan fingerprint density at radius 3 is 3.05 bits per heavy atom. The number of pyridine rings is 1. The Kier molecular flexibility index (Phi) is 3.78. The fourth-order valence-electron chi connectivity index (χ4n) is 2.50. The second-order valence-electron chi connectivity index (χ2n) is 5.17. The van der Waals surface area contributed by atoms with Crippen molar-refractivity contribution < 1.29 is 9.84 Å². The van der Waals surface area contributed by atoms with E-state index >= 15 is 0 Å². The summed E-state index contributed by atoms with van der Waals surface area (Å²) in [5.74, 6) is 0.742. The Labute approximate surface area is 122 Å². The van der Waals surface area contributed by atoms with Gasteiger partial charge in [-0.2, -0.15) is 0 Å². The van der Waals surface area contributed by atoms with Crippen LogP contribution in [0.2, 0.25) is 5.02 Å². The number of aliphatic hydroxyl groups excluding tert-OH is 1. The van der Waals surface area contributed by atoms with Crippen LogP contribution in [0.4, 0.5) is 5.82 Å². The van der Waals surface area contributed by atoms with E-state index in [2.05, 4.69) is 10.3 Å². The van der Waals surface area contributed by atoms with E-state index in [0.717, 1.165) is 22.3 Å². The Balaban J connectivity index is 1.91. The summed E-state index contributed by atoms with van der Waals surface area (Å²) in [7, 11) is 0. The minimum absolute atomic E-state index is 0.118. The van der Waals surface area contributed by atoms with E-state index in [1.807, 2.05) is 31.2 Å². The number of ether oxygens (including phenoxy) is 1. The highest BCUT2D eigenvalue weighted by molar-refractivity contribution is 6.31. The lowest BCUT2D eigenvalue weighted by Gasteiger charge is -2.29. The quantitative estimate of drug-likeness (QED) is 0.894. The molecule has 4 nitrogen and oxygen atoms in total. The van der Waals surface area contributed by atoms with Crippen molar-refractivity contribution in [3.05, 3.63) is 34.9 Å². The van der Waals surface area contributed by atoms with Crippen molar-refractivity contribution in [2.75, 3.05) is 18.5 Å². The normalized spacial score (nSPS) is 22.9. The van der Waals surface area contributed by atoms with Gasteiger partial charge in [-0.1, -0.05) is 17.7 Å². The summed E-state index contributed by atoms with van der Waals surface area (Å²) in [5.41, 5.74) is 1.98. The van der Waals surface area contributed by atoms with Crippen molar-refractivity contribution in [3.63, 3.8) is 0 Å². The average molecular weight is 293 g/mol. The van der Waals surface area contributed by atoms with Crippen LogP contribution in [0.15, 0.2) is 24.3 Å². The predicted octanol–water partition coefficient (Wildman–Crippen LogP) is 2.76. The van der Waals surface area contributed by atoms with Gasteiger partial charge in [-0.05, 0) is 37.1 Å². The molecule has 0 unspecified atom stereocenters. The van der Waals surface area contributed by atoms with Gasteiger partial charge in [0.1, 0.15) is 5.82 Å². The first-order chi connectivity index (χ1) is 9.63. The van der Waals surface area contributed by atoms with Crippen molar-refractivity contribution in [2.45, 2.75) is 25.5 Å². The van der Waals surface area contributed by atoms with Crippen molar-refractivity contribution in [3.8, 4) is 0 Å². The van der Waals surface area contributed by atoms with E-state index in [4.69, 9.17) is 16.3 Å². The van der Waals surface area contributed by atoms with Crippen LogP contribution < -0.4 is 5.32 Å². The smallest absolute Gasteiger partial charge is 0.127 e. The van der Waals surface area contributed by atoms with Gasteiger partial charge in [-0.25, -0.2) is 4.98 Å². The fourth-order valence-corrected chi connectivity index (χ4v) is 2.67. The lowest BCUT2D eigenvalue weighted by atomic mass is 10.1. The number of fused-ring (bicyclic) bond motifs is 1. The molecule has 0 saturated carbocycles. The zero-order valence-corrected chi connectivity index (χ0v) is 12.0. The van der Waals surface area contributed by atoms with E-state index in [0.29, 0.717) is 24.7 Å². The third-order valence-corrected chi connectivity index (χ3v) is 3.87. The van der Waals surface area contributed by atoms with Crippen LogP contribution in [0.3, 0.4) is 0 Å². The summed E-state index contributed by atoms with van der Waals surface area (Å²) in [5, 5.41) is 15.0. The van der Waals surface area contributed by atoms with Gasteiger partial charge >= 0.3 is 0 Å². The van der Waals surface area contributed by atoms with Crippen molar-refractivity contribution in [2.24, 2.45) is 0 Å². The van der Waals surface area contributed by atoms with E-state index in [-0.39, 0.29) is 6.04 Å². The van der Waals surface area contributed by atoms with Gasteiger partial charge in [0.2, 0.25) is 0 Å². The first-order valence-electron chi connectivity index (χ1n) is 6.73. The Hall–Kier alpha value is -1.36. The van der Waals surface area contributed by atoms with Crippen LogP contribution in [0.1, 0.15) is 12.0 Å². The topological polar surface area (TPSA) is 54.4 Å². The highest BCUT2D eigenvalue weighted by Gasteiger charge is 2.23. The minimum atomic E-state index is -0.402. The second-order valence-corrected chi connectivity index (χ2v) is 5.60. The van der Waals surface area contributed by atoms with Crippen LogP contribution in [-0.2, 0) is 4.74 Å². The number of rotatable bonds is 2. The summed E-state index contributed by atoms with van der Waals surface area (Å²) in [6.45, 7) is 3.14. The number of benzene rings is 1. The molecule has 1 saturated heterocycles. The molecule has 1 aliphatic heterocycles. The van der Waals surface area contributed by atoms with Crippen LogP contribution in [0.5, 0.6) is 0 Å². The number of halogens is 1. The predicted molar refractivity (Wildman–Crippen MR) is 80.3 cm³/mol. The van der Waals surface area contributed by atoms with Crippen molar-refractivity contribution in [1.82, 2.24) is 4.98 Å². The maximum Gasteiger partial charge on any atom is 0.127 e. The Morgan fingerprint density at radius 2 is 2.25 bits per heavy atom. The zero-order chi connectivity index (χ0) is 14.1. The van der Waals surface area contributed by atoms with Gasteiger partial charge in [-0.15, -0.1) is 0 Å². The fraction of sp³-hybridized carbons (Fsp3) is 0.400. The monoisotopic (exact) mass is 292 g/mol. The number of nitrogens with zero attached hydrogens (tertiary/aromatic N) is 1. The maximum absolute atomic E-state index is 9.97. The molecule has 3 rings (SSSR count). The highest BCUT2D eigenvalue weighted by atomic mass is 35.5. The Bertz CT molecular complexity index is 633. The molecule has 0 bridgehead atoms. The first kappa shape index (κ1) is 13.6. The third-order valence-electron chi connectivity index (χ3n) is 3.63. The van der Waals surface area contributed by atoms with E-state index < -0.39 is 6.10 Å². The molecule has 1 aromatic carbocycles. The molecule has 1 fully saturated rings. The maximum atomic E-state index is 9.97. The highest BCUT2D eigenvalue weighted by Crippen LogP contribution is 2.24. The summed E-state index contributed by atoms with van der Waals surface area (Å²) >= 11 is 6.02. The molecule has 0 aliphatic carbocycles. The molecule has 2 N–H and O–H groups in total. The molecule has 1 aromatic heterocycles. The van der Waals surface area contributed by atoms with Gasteiger partial charge in [-0.3, -0.25) is 0 Å². The first-order valence-corrected chi connectivity index (χ1v) is 7.10. The van der Waals surface area contributed by atoms with Gasteiger partial charge in [0, 0.05) is 17.0 Å². The van der Waals surface area contributed by atoms with Gasteiger partial charge in [0.25, 0.3) is 0 Å². The summed E-state index contributed by atoms with van der Waals surface area (Å²) < 4.78 is 5.39. The Morgan fingerprint density at radius 1 is 1.40 bits per heavy atom. The van der Waals surface area contributed by atoms with Crippen molar-refractivity contribution in [1.29, 1.82) is 0 Å². The SMILES string of the molecule is Cc1cc(N[C@@H]2COCC[C@H]2O)nc2cc(Cl)ccc12. The standard InChI is InChI=1S/C15H17ClN2O2/c1-9-6-15(18-13-8-20-5-4-14(13)19)17-12-7-10(16)2-3-11(9)12/h2-3,6-7,13-14,19H,4-5,8H2,1H3,(H,17,18)/t13-,14-/m1/s1. The average Bonchev–Trinajstić information content (AvgIpc) is 2.41. The molecule has 2 heterocycles. The van der Waals surface area contributed by atoms with Crippen LogP contribution in [-0.4, -0.2) is 35.5 Å². The second kappa shape index (κ2) is 5.56. The molecule has 5 heteroatoms. The number of aromatic nitrogens is 1. The van der Waals surface area contributed by atoms with E-state index in [1.54, 1.807) is 0 Å². The number of anilines is 1. The molecule has 106 valence electrons. The lowest BCUT2D eigenvalue weighted by molar-refractivity contribution is 0.00305. The van der Waals surface area contributed by atoms with Crippen LogP contribution >= 0.6 is 11.6 Å². The third kappa shape index (κ3) is 2.73. The largest absolute Gasteiger partial charge is 0.391 e. The summed E-state index contributed by atoms with van der Waals surface area (Å²) in [4.78, 5) is 4.56. The van der Waals surface area contributed by atoms with Gasteiger partial charge in [0.15, 0.2) is 0 Å². The van der Waals surface area contributed by atoms with Crippen molar-refractivity contribution >= 4 is 28.3 Å². The number of hydrogen-bond donors (Lipinski definition) is 2.